The number of nitro groups is 1. The van der Waals surface area contributed by atoms with Crippen LogP contribution in [0.4, 0.5) is 11.5 Å². The Morgan fingerprint density at radius 2 is 2.05 bits per heavy atom. The first-order chi connectivity index (χ1) is 9.47. The predicted molar refractivity (Wildman–Crippen MR) is 77.2 cm³/mol. The summed E-state index contributed by atoms with van der Waals surface area (Å²) in [5.41, 5.74) is -0.293. The number of aliphatic hydroxyl groups is 1. The quantitative estimate of drug-likeness (QED) is 0.331. The third kappa shape index (κ3) is 4.57. The highest BCUT2D eigenvalue weighted by Crippen LogP contribution is 2.31. The molecule has 0 unspecified atom stereocenters. The lowest BCUT2D eigenvalue weighted by Gasteiger charge is -2.10. The molecule has 0 aliphatic carbocycles. The van der Waals surface area contributed by atoms with Crippen molar-refractivity contribution in [3.63, 3.8) is 0 Å². The number of aromatic nitrogens is 2. The first kappa shape index (κ1) is 16.6. The zero-order valence-corrected chi connectivity index (χ0v) is 12.4. The predicted octanol–water partition coefficient (Wildman–Crippen LogP) is 2.74. The van der Waals surface area contributed by atoms with Gasteiger partial charge in [-0.25, -0.2) is 9.97 Å². The summed E-state index contributed by atoms with van der Waals surface area (Å²) in [6.07, 6.45) is 2.34. The molecule has 0 spiro atoms. The highest BCUT2D eigenvalue weighted by atomic mass is 35.5. The lowest BCUT2D eigenvalue weighted by atomic mass is 10.2. The molecule has 0 fully saturated rings. The van der Waals surface area contributed by atoms with E-state index in [9.17, 15) is 10.1 Å². The van der Waals surface area contributed by atoms with Gasteiger partial charge in [0, 0.05) is 19.1 Å². The maximum Gasteiger partial charge on any atom is 0.348 e. The Hall–Kier alpha value is -1.47. The number of hydrogen-bond acceptors (Lipinski definition) is 6. The summed E-state index contributed by atoms with van der Waals surface area (Å²) in [7, 11) is 0. The lowest BCUT2D eigenvalue weighted by Crippen LogP contribution is -2.10. The fourth-order valence-corrected chi connectivity index (χ4v) is 1.85. The average Bonchev–Trinajstić information content (AvgIpc) is 2.37. The van der Waals surface area contributed by atoms with Crippen molar-refractivity contribution in [2.45, 2.75) is 39.0 Å². The highest BCUT2D eigenvalue weighted by Gasteiger charge is 2.24. The maximum absolute atomic E-state index is 11.0. The zero-order chi connectivity index (χ0) is 15.1. The molecule has 1 rings (SSSR count). The second-order valence-corrected chi connectivity index (χ2v) is 5.05. The molecule has 0 radical (unpaired) electrons. The molecule has 0 aliphatic rings. The molecule has 0 saturated carbocycles. The first-order valence-corrected chi connectivity index (χ1v) is 6.91. The minimum atomic E-state index is -0.581. The van der Waals surface area contributed by atoms with Crippen LogP contribution in [0, 0.1) is 10.1 Å². The second kappa shape index (κ2) is 7.96. The summed E-state index contributed by atoms with van der Waals surface area (Å²) >= 11 is 5.87. The van der Waals surface area contributed by atoms with Crippen LogP contribution in [-0.2, 0) is 0 Å². The van der Waals surface area contributed by atoms with Gasteiger partial charge in [0.05, 0.1) is 4.92 Å². The fourth-order valence-electron chi connectivity index (χ4n) is 1.61. The molecule has 0 aliphatic heterocycles. The van der Waals surface area contributed by atoms with E-state index in [4.69, 9.17) is 16.7 Å². The Balaban J connectivity index is 2.87. The van der Waals surface area contributed by atoms with Crippen LogP contribution in [0.3, 0.4) is 0 Å². The Morgan fingerprint density at radius 1 is 1.35 bits per heavy atom. The monoisotopic (exact) mass is 302 g/mol. The van der Waals surface area contributed by atoms with Crippen molar-refractivity contribution >= 4 is 23.1 Å². The SMILES string of the molecule is CC(C)c1nc(Cl)c([N+](=O)[O-])c(NCCCCCO)n1. The van der Waals surface area contributed by atoms with Gasteiger partial charge in [0.1, 0.15) is 5.82 Å². The van der Waals surface area contributed by atoms with Gasteiger partial charge < -0.3 is 10.4 Å². The largest absolute Gasteiger partial charge is 0.396 e. The van der Waals surface area contributed by atoms with Crippen LogP contribution in [0.15, 0.2) is 0 Å². The average molecular weight is 303 g/mol. The van der Waals surface area contributed by atoms with E-state index < -0.39 is 4.92 Å². The van der Waals surface area contributed by atoms with Gasteiger partial charge in [0.25, 0.3) is 0 Å². The fraction of sp³-hybridized carbons (Fsp3) is 0.667. The summed E-state index contributed by atoms with van der Waals surface area (Å²) in [5, 5.41) is 22.5. The number of rotatable bonds is 8. The van der Waals surface area contributed by atoms with Crippen LogP contribution in [-0.4, -0.2) is 33.1 Å². The van der Waals surface area contributed by atoms with Crippen molar-refractivity contribution in [1.82, 2.24) is 9.97 Å². The minimum absolute atomic E-state index is 0.0308. The number of unbranched alkanes of at least 4 members (excludes halogenated alkanes) is 2. The summed E-state index contributed by atoms with van der Waals surface area (Å²) in [6, 6.07) is 0. The van der Waals surface area contributed by atoms with Gasteiger partial charge in [0.15, 0.2) is 0 Å². The van der Waals surface area contributed by atoms with Gasteiger partial charge in [-0.3, -0.25) is 10.1 Å². The number of nitrogens with one attached hydrogen (secondary N) is 1. The van der Waals surface area contributed by atoms with E-state index in [1.54, 1.807) is 0 Å². The number of anilines is 1. The van der Waals surface area contributed by atoms with Crippen molar-refractivity contribution in [3.8, 4) is 0 Å². The molecule has 1 aromatic rings. The highest BCUT2D eigenvalue weighted by molar-refractivity contribution is 6.31. The molecule has 0 atom stereocenters. The van der Waals surface area contributed by atoms with E-state index in [0.29, 0.717) is 18.8 Å². The van der Waals surface area contributed by atoms with Crippen molar-refractivity contribution in [2.75, 3.05) is 18.5 Å². The Morgan fingerprint density at radius 3 is 2.60 bits per heavy atom. The van der Waals surface area contributed by atoms with E-state index in [0.717, 1.165) is 12.8 Å². The van der Waals surface area contributed by atoms with Crippen LogP contribution in [0.25, 0.3) is 0 Å². The molecule has 0 bridgehead atoms. The molecule has 112 valence electrons. The van der Waals surface area contributed by atoms with Gasteiger partial charge in [-0.2, -0.15) is 0 Å². The Labute approximate surface area is 122 Å². The molecule has 1 heterocycles. The van der Waals surface area contributed by atoms with Gasteiger partial charge in [-0.1, -0.05) is 25.4 Å². The van der Waals surface area contributed by atoms with Crippen molar-refractivity contribution in [2.24, 2.45) is 0 Å². The van der Waals surface area contributed by atoms with Crippen molar-refractivity contribution < 1.29 is 10.0 Å². The van der Waals surface area contributed by atoms with Crippen LogP contribution in [0.2, 0.25) is 5.15 Å². The van der Waals surface area contributed by atoms with Gasteiger partial charge in [-0.05, 0) is 19.3 Å². The third-order valence-corrected chi connectivity index (χ3v) is 2.95. The summed E-state index contributed by atoms with van der Waals surface area (Å²) in [5.74, 6) is 0.657. The number of nitrogens with zero attached hydrogens (tertiary/aromatic N) is 3. The van der Waals surface area contributed by atoms with Gasteiger partial charge >= 0.3 is 5.69 Å². The molecular weight excluding hydrogens is 284 g/mol. The topological polar surface area (TPSA) is 101 Å². The molecule has 2 N–H and O–H groups in total. The summed E-state index contributed by atoms with van der Waals surface area (Å²) in [6.45, 7) is 4.47. The van der Waals surface area contributed by atoms with Crippen LogP contribution in [0.1, 0.15) is 44.9 Å². The van der Waals surface area contributed by atoms with Crippen LogP contribution < -0.4 is 5.32 Å². The third-order valence-electron chi connectivity index (χ3n) is 2.69. The molecule has 0 saturated heterocycles. The minimum Gasteiger partial charge on any atom is -0.396 e. The molecule has 0 amide bonds. The van der Waals surface area contributed by atoms with Crippen LogP contribution >= 0.6 is 11.6 Å². The smallest absolute Gasteiger partial charge is 0.348 e. The molecule has 0 aromatic carbocycles. The van der Waals surface area contributed by atoms with Crippen molar-refractivity contribution in [3.05, 3.63) is 21.1 Å². The number of hydrogen-bond donors (Lipinski definition) is 2. The van der Waals surface area contributed by atoms with E-state index in [1.165, 1.54) is 0 Å². The van der Waals surface area contributed by atoms with Gasteiger partial charge in [0.2, 0.25) is 11.0 Å². The summed E-state index contributed by atoms with van der Waals surface area (Å²) < 4.78 is 0. The van der Waals surface area contributed by atoms with E-state index in [2.05, 4.69) is 15.3 Å². The normalized spacial score (nSPS) is 10.8. The Kier molecular flexibility index (Phi) is 6.60. The number of aliphatic hydroxyl groups excluding tert-OH is 1. The maximum atomic E-state index is 11.0. The molecule has 20 heavy (non-hydrogen) atoms. The van der Waals surface area contributed by atoms with E-state index >= 15 is 0 Å². The molecule has 7 nitrogen and oxygen atoms in total. The van der Waals surface area contributed by atoms with Crippen molar-refractivity contribution in [1.29, 1.82) is 0 Å². The molecular formula is C12H19ClN4O3. The standard InChI is InChI=1S/C12H19ClN4O3/c1-8(2)11-15-10(13)9(17(19)20)12(16-11)14-6-4-3-5-7-18/h8,18H,3-7H2,1-2H3,(H,14,15,16). The van der Waals surface area contributed by atoms with E-state index in [-0.39, 0.29) is 29.2 Å². The van der Waals surface area contributed by atoms with Crippen LogP contribution in [0.5, 0.6) is 0 Å². The lowest BCUT2D eigenvalue weighted by molar-refractivity contribution is -0.384. The number of halogens is 1. The molecule has 1 aromatic heterocycles. The van der Waals surface area contributed by atoms with E-state index in [1.807, 2.05) is 13.8 Å². The molecule has 8 heteroatoms. The zero-order valence-electron chi connectivity index (χ0n) is 11.6. The summed E-state index contributed by atoms with van der Waals surface area (Å²) in [4.78, 5) is 18.6. The second-order valence-electron chi connectivity index (χ2n) is 4.69. The first-order valence-electron chi connectivity index (χ1n) is 6.54. The van der Waals surface area contributed by atoms with Gasteiger partial charge in [-0.15, -0.1) is 0 Å². The Bertz CT molecular complexity index is 468.